The van der Waals surface area contributed by atoms with Gasteiger partial charge in [0.1, 0.15) is 6.54 Å². The van der Waals surface area contributed by atoms with Crippen molar-refractivity contribution < 1.29 is 22.4 Å². The average Bonchev–Trinajstić information content (AvgIpc) is 3.01. The van der Waals surface area contributed by atoms with Crippen molar-refractivity contribution in [3.8, 4) is 11.8 Å². The predicted octanol–water partition coefficient (Wildman–Crippen LogP) is -1.00. The van der Waals surface area contributed by atoms with E-state index in [2.05, 4.69) is 18.8 Å². The Balaban J connectivity index is 0.00000208. The Bertz CT molecular complexity index is 651. The van der Waals surface area contributed by atoms with Gasteiger partial charge in [-0.05, 0) is 12.8 Å². The zero-order valence-corrected chi connectivity index (χ0v) is 14.8. The van der Waals surface area contributed by atoms with E-state index in [-0.39, 0.29) is 12.4 Å². The number of hydrogen-bond acceptors (Lipinski definition) is 1. The summed E-state index contributed by atoms with van der Waals surface area (Å²) in [5, 5.41) is 11.3. The van der Waals surface area contributed by atoms with Gasteiger partial charge in [0.25, 0.3) is 0 Å². The highest BCUT2D eigenvalue weighted by atomic mass is 35.5. The quantitative estimate of drug-likeness (QED) is 0.688. The van der Waals surface area contributed by atoms with Crippen molar-refractivity contribution >= 4 is 0 Å². The van der Waals surface area contributed by atoms with Gasteiger partial charge >= 0.3 is 0 Å². The van der Waals surface area contributed by atoms with Crippen LogP contribution in [0.25, 0.3) is 0 Å². The molecule has 126 valence electrons. The van der Waals surface area contributed by atoms with E-state index in [4.69, 9.17) is 0 Å². The summed E-state index contributed by atoms with van der Waals surface area (Å²) < 4.78 is 0. The lowest BCUT2D eigenvalue weighted by Gasteiger charge is -2.23. The number of rotatable bonds is 3. The van der Waals surface area contributed by atoms with Crippen molar-refractivity contribution in [2.45, 2.75) is 31.4 Å². The summed E-state index contributed by atoms with van der Waals surface area (Å²) >= 11 is 0. The highest BCUT2D eigenvalue weighted by Gasteiger charge is 2.29. The number of quaternary nitrogens is 1. The zero-order valence-electron chi connectivity index (χ0n) is 14.0. The summed E-state index contributed by atoms with van der Waals surface area (Å²) in [5.74, 6) is 6.42. The molecule has 3 rings (SSSR count). The lowest BCUT2D eigenvalue weighted by Crippen LogP contribution is -3.13. The average molecular weight is 342 g/mol. The van der Waals surface area contributed by atoms with E-state index >= 15 is 0 Å². The molecule has 1 saturated heterocycles. The molecule has 0 aliphatic carbocycles. The van der Waals surface area contributed by atoms with Crippen LogP contribution in [0, 0.1) is 11.8 Å². The number of hydrogen-bond donors (Lipinski definition) is 2. The zero-order chi connectivity index (χ0) is 16.1. The number of halogens is 1. The summed E-state index contributed by atoms with van der Waals surface area (Å²) in [7, 11) is 0. The lowest BCUT2D eigenvalue weighted by molar-refractivity contribution is -0.903. The molecule has 0 radical (unpaired) electrons. The summed E-state index contributed by atoms with van der Waals surface area (Å²) in [6.45, 7) is 4.26. The van der Waals surface area contributed by atoms with Crippen molar-refractivity contribution in [3.63, 3.8) is 0 Å². The molecule has 1 aliphatic heterocycles. The standard InChI is InChI=1S/C21H23NO.ClH/c1-18-10-8-16-22(18)17-9-15-21(23,19-11-4-2-5-12-19)20-13-6-3-7-14-20;/h2-7,11-14,18,23H,8,10,16-17H2,1H3;1H. The summed E-state index contributed by atoms with van der Waals surface area (Å²) in [4.78, 5) is 1.53. The van der Waals surface area contributed by atoms with Crippen molar-refractivity contribution in [2.24, 2.45) is 0 Å². The molecule has 0 spiro atoms. The van der Waals surface area contributed by atoms with Gasteiger partial charge in [0.05, 0.1) is 12.6 Å². The predicted molar refractivity (Wildman–Crippen MR) is 93.1 cm³/mol. The number of aliphatic hydroxyl groups is 1. The van der Waals surface area contributed by atoms with Crippen molar-refractivity contribution in [1.29, 1.82) is 0 Å². The van der Waals surface area contributed by atoms with E-state index in [9.17, 15) is 5.11 Å². The van der Waals surface area contributed by atoms with E-state index in [0.29, 0.717) is 6.04 Å². The molecule has 0 amide bonds. The molecule has 2 aromatic carbocycles. The Morgan fingerprint density at radius 1 is 1.04 bits per heavy atom. The molecule has 2 atom stereocenters. The van der Waals surface area contributed by atoms with Crippen LogP contribution in [0.5, 0.6) is 0 Å². The largest absolute Gasteiger partial charge is 1.00 e. The third-order valence-corrected chi connectivity index (χ3v) is 4.80. The smallest absolute Gasteiger partial charge is 0.177 e. The molecular formula is C21H24ClNO. The van der Waals surface area contributed by atoms with Crippen molar-refractivity contribution in [2.75, 3.05) is 13.1 Å². The lowest BCUT2D eigenvalue weighted by atomic mass is 9.87. The fourth-order valence-electron chi connectivity index (χ4n) is 3.30. The van der Waals surface area contributed by atoms with Gasteiger partial charge in [-0.2, -0.15) is 0 Å². The van der Waals surface area contributed by atoms with Crippen LogP contribution in [-0.2, 0) is 5.60 Å². The third-order valence-electron chi connectivity index (χ3n) is 4.80. The van der Waals surface area contributed by atoms with Crippen LogP contribution in [0.1, 0.15) is 30.9 Å². The second-order valence-corrected chi connectivity index (χ2v) is 6.37. The highest BCUT2D eigenvalue weighted by molar-refractivity contribution is 5.44. The molecule has 2 N–H and O–H groups in total. The fourth-order valence-corrected chi connectivity index (χ4v) is 3.30. The van der Waals surface area contributed by atoms with Crippen LogP contribution < -0.4 is 17.3 Å². The van der Waals surface area contributed by atoms with E-state index in [1.54, 1.807) is 0 Å². The third kappa shape index (κ3) is 3.99. The van der Waals surface area contributed by atoms with Crippen LogP contribution in [0.4, 0.5) is 0 Å². The summed E-state index contributed by atoms with van der Waals surface area (Å²) in [6, 6.07) is 20.1. The first-order valence-corrected chi connectivity index (χ1v) is 8.38. The van der Waals surface area contributed by atoms with Gasteiger partial charge in [0.2, 0.25) is 0 Å². The maximum absolute atomic E-state index is 11.3. The molecular weight excluding hydrogens is 318 g/mol. The summed E-state index contributed by atoms with van der Waals surface area (Å²) in [6.07, 6.45) is 2.55. The van der Waals surface area contributed by atoms with Crippen LogP contribution in [-0.4, -0.2) is 24.2 Å². The Morgan fingerprint density at radius 2 is 1.58 bits per heavy atom. The van der Waals surface area contributed by atoms with Crippen LogP contribution >= 0.6 is 0 Å². The van der Waals surface area contributed by atoms with Gasteiger partial charge < -0.3 is 22.4 Å². The minimum atomic E-state index is -1.25. The molecule has 0 bridgehead atoms. The second-order valence-electron chi connectivity index (χ2n) is 6.37. The molecule has 0 saturated carbocycles. The molecule has 3 heteroatoms. The van der Waals surface area contributed by atoms with Crippen molar-refractivity contribution in [1.82, 2.24) is 0 Å². The van der Waals surface area contributed by atoms with Gasteiger partial charge in [-0.3, -0.25) is 0 Å². The minimum Gasteiger partial charge on any atom is -1.00 e. The number of benzene rings is 2. The van der Waals surface area contributed by atoms with Gasteiger partial charge in [-0.1, -0.05) is 66.6 Å². The highest BCUT2D eigenvalue weighted by Crippen LogP contribution is 2.28. The molecule has 1 heterocycles. The van der Waals surface area contributed by atoms with Gasteiger partial charge in [-0.15, -0.1) is 0 Å². The maximum Gasteiger partial charge on any atom is 0.177 e. The van der Waals surface area contributed by atoms with E-state index < -0.39 is 5.60 Å². The fraction of sp³-hybridized carbons (Fsp3) is 0.333. The first kappa shape index (κ1) is 18.5. The number of likely N-dealkylation sites (tertiary alicyclic amines) is 1. The summed E-state index contributed by atoms with van der Waals surface area (Å²) in [5.41, 5.74) is 0.400. The molecule has 2 nitrogen and oxygen atoms in total. The van der Waals surface area contributed by atoms with Gasteiger partial charge in [0.15, 0.2) is 5.60 Å². The molecule has 1 aliphatic rings. The SMILES string of the molecule is CC1CCC[NH+]1CC#CC(O)(c1ccccc1)c1ccccc1.[Cl-]. The van der Waals surface area contributed by atoms with Crippen LogP contribution in [0.15, 0.2) is 60.7 Å². The van der Waals surface area contributed by atoms with E-state index in [0.717, 1.165) is 17.7 Å². The van der Waals surface area contributed by atoms with Crippen molar-refractivity contribution in [3.05, 3.63) is 71.8 Å². The molecule has 2 unspecified atom stereocenters. The maximum atomic E-state index is 11.3. The van der Waals surface area contributed by atoms with Crippen LogP contribution in [0.3, 0.4) is 0 Å². The van der Waals surface area contributed by atoms with E-state index in [1.165, 1.54) is 24.3 Å². The Labute approximate surface area is 150 Å². The Hall–Kier alpha value is -1.79. The molecule has 1 fully saturated rings. The normalized spacial score (nSPS) is 19.9. The minimum absolute atomic E-state index is 0. The monoisotopic (exact) mass is 341 g/mol. The number of nitrogens with one attached hydrogen (secondary N) is 1. The van der Waals surface area contributed by atoms with Crippen LogP contribution in [0.2, 0.25) is 0 Å². The van der Waals surface area contributed by atoms with Gasteiger partial charge in [0, 0.05) is 24.0 Å². The molecule has 24 heavy (non-hydrogen) atoms. The molecule has 0 aromatic heterocycles. The second kappa shape index (κ2) is 8.35. The van der Waals surface area contributed by atoms with E-state index in [1.807, 2.05) is 60.7 Å². The first-order valence-electron chi connectivity index (χ1n) is 8.38. The molecule has 2 aromatic rings. The first-order chi connectivity index (χ1) is 11.2. The van der Waals surface area contributed by atoms with Gasteiger partial charge in [-0.25, -0.2) is 0 Å². The Morgan fingerprint density at radius 3 is 2.04 bits per heavy atom. The Kier molecular flexibility index (Phi) is 6.45. The topological polar surface area (TPSA) is 24.7 Å².